The molecule has 5 nitrogen and oxygen atoms in total. The molecule has 5 heteroatoms. The minimum Gasteiger partial charge on any atom is -0.444 e. The first-order chi connectivity index (χ1) is 9.13. The lowest BCUT2D eigenvalue weighted by Crippen LogP contribution is -2.18. The van der Waals surface area contributed by atoms with Crippen molar-refractivity contribution in [2.45, 2.75) is 45.4 Å². The van der Waals surface area contributed by atoms with E-state index in [-0.39, 0.29) is 12.2 Å². The summed E-state index contributed by atoms with van der Waals surface area (Å²) in [7, 11) is 1.69. The Bertz CT molecular complexity index is 394. The summed E-state index contributed by atoms with van der Waals surface area (Å²) >= 11 is 0. The molecule has 1 aliphatic heterocycles. The van der Waals surface area contributed by atoms with Crippen molar-refractivity contribution in [3.63, 3.8) is 0 Å². The summed E-state index contributed by atoms with van der Waals surface area (Å²) < 4.78 is 16.7. The second-order valence-corrected chi connectivity index (χ2v) is 5.26. The van der Waals surface area contributed by atoms with E-state index in [1.54, 1.807) is 7.11 Å². The van der Waals surface area contributed by atoms with Crippen molar-refractivity contribution in [1.82, 2.24) is 10.3 Å². The molecule has 0 bridgehead atoms. The van der Waals surface area contributed by atoms with Gasteiger partial charge in [-0.25, -0.2) is 4.98 Å². The lowest BCUT2D eigenvalue weighted by molar-refractivity contribution is 0.0547. The Morgan fingerprint density at radius 1 is 1.32 bits per heavy atom. The van der Waals surface area contributed by atoms with Crippen LogP contribution in [0.3, 0.4) is 0 Å². The fraction of sp³-hybridized carbons (Fsp3) is 0.786. The fourth-order valence-electron chi connectivity index (χ4n) is 2.69. The first-order valence-corrected chi connectivity index (χ1v) is 6.93. The largest absolute Gasteiger partial charge is 0.444 e. The molecule has 0 aliphatic carbocycles. The van der Waals surface area contributed by atoms with Crippen LogP contribution in [0.2, 0.25) is 0 Å². The molecule has 0 radical (unpaired) electrons. The van der Waals surface area contributed by atoms with Crippen LogP contribution in [0.15, 0.2) is 10.6 Å². The summed E-state index contributed by atoms with van der Waals surface area (Å²) in [6.45, 7) is 8.54. The zero-order chi connectivity index (χ0) is 13.8. The Hall–Kier alpha value is -0.910. The number of ether oxygens (including phenoxy) is 2. The first-order valence-electron chi connectivity index (χ1n) is 6.93. The predicted molar refractivity (Wildman–Crippen MR) is 72.0 cm³/mol. The summed E-state index contributed by atoms with van der Waals surface area (Å²) in [6.07, 6.45) is 2.30. The van der Waals surface area contributed by atoms with Gasteiger partial charge in [-0.1, -0.05) is 6.92 Å². The Morgan fingerprint density at radius 3 is 2.74 bits per heavy atom. The normalized spacial score (nSPS) is 30.9. The SMILES string of the molecule is COCCNCc1ncc(C2C(C)OC(C)C2C)o1. The minimum absolute atomic E-state index is 0.187. The third kappa shape index (κ3) is 3.35. The quantitative estimate of drug-likeness (QED) is 0.799. The van der Waals surface area contributed by atoms with Gasteiger partial charge in [-0.05, 0) is 19.8 Å². The van der Waals surface area contributed by atoms with E-state index < -0.39 is 0 Å². The molecular formula is C14H24N2O3. The van der Waals surface area contributed by atoms with E-state index in [4.69, 9.17) is 13.9 Å². The fourth-order valence-corrected chi connectivity index (χ4v) is 2.69. The van der Waals surface area contributed by atoms with Gasteiger partial charge in [0.2, 0.25) is 5.89 Å². The molecule has 108 valence electrons. The van der Waals surface area contributed by atoms with Gasteiger partial charge in [-0.2, -0.15) is 0 Å². The van der Waals surface area contributed by atoms with Crippen molar-refractivity contribution < 1.29 is 13.9 Å². The van der Waals surface area contributed by atoms with Gasteiger partial charge < -0.3 is 19.2 Å². The number of rotatable bonds is 6. The highest BCUT2D eigenvalue weighted by atomic mass is 16.5. The molecule has 1 aliphatic rings. The van der Waals surface area contributed by atoms with E-state index in [9.17, 15) is 0 Å². The van der Waals surface area contributed by atoms with Crippen LogP contribution >= 0.6 is 0 Å². The molecule has 19 heavy (non-hydrogen) atoms. The van der Waals surface area contributed by atoms with Gasteiger partial charge in [0.1, 0.15) is 5.76 Å². The standard InChI is InChI=1S/C14H24N2O3/c1-9-10(2)18-11(3)14(9)12-7-16-13(19-12)8-15-5-6-17-4/h7,9-11,14-15H,5-6,8H2,1-4H3. The van der Waals surface area contributed by atoms with Crippen LogP contribution in [-0.4, -0.2) is 37.5 Å². The maximum absolute atomic E-state index is 5.84. The van der Waals surface area contributed by atoms with E-state index in [0.29, 0.717) is 25.0 Å². The molecule has 0 amide bonds. The van der Waals surface area contributed by atoms with Crippen LogP contribution in [0.4, 0.5) is 0 Å². The molecule has 4 atom stereocenters. The lowest BCUT2D eigenvalue weighted by atomic mass is 9.88. The molecule has 4 unspecified atom stereocenters. The van der Waals surface area contributed by atoms with Gasteiger partial charge in [0.25, 0.3) is 0 Å². The molecule has 2 rings (SSSR count). The zero-order valence-electron chi connectivity index (χ0n) is 12.2. The monoisotopic (exact) mass is 268 g/mol. The van der Waals surface area contributed by atoms with E-state index in [2.05, 4.69) is 31.1 Å². The number of oxazole rings is 1. The van der Waals surface area contributed by atoms with E-state index >= 15 is 0 Å². The molecule has 1 N–H and O–H groups in total. The Morgan fingerprint density at radius 2 is 2.11 bits per heavy atom. The van der Waals surface area contributed by atoms with Crippen LogP contribution in [0.5, 0.6) is 0 Å². The number of hydrogen-bond donors (Lipinski definition) is 1. The van der Waals surface area contributed by atoms with Crippen LogP contribution in [0.25, 0.3) is 0 Å². The smallest absolute Gasteiger partial charge is 0.208 e. The highest BCUT2D eigenvalue weighted by Crippen LogP contribution is 2.39. The second kappa shape index (κ2) is 6.50. The first kappa shape index (κ1) is 14.5. The molecule has 1 aromatic rings. The number of aromatic nitrogens is 1. The molecule has 1 fully saturated rings. The molecular weight excluding hydrogens is 244 g/mol. The van der Waals surface area contributed by atoms with Crippen molar-refractivity contribution in [1.29, 1.82) is 0 Å². The number of nitrogens with one attached hydrogen (secondary N) is 1. The highest BCUT2D eigenvalue weighted by Gasteiger charge is 2.40. The van der Waals surface area contributed by atoms with Gasteiger partial charge in [-0.3, -0.25) is 0 Å². The number of hydrogen-bond acceptors (Lipinski definition) is 5. The zero-order valence-corrected chi connectivity index (χ0v) is 12.2. The minimum atomic E-state index is 0.187. The summed E-state index contributed by atoms with van der Waals surface area (Å²) in [5.74, 6) is 2.42. The Kier molecular flexibility index (Phi) is 4.96. The summed E-state index contributed by atoms with van der Waals surface area (Å²) in [4.78, 5) is 4.33. The number of methoxy groups -OCH3 is 1. The lowest BCUT2D eigenvalue weighted by Gasteiger charge is -2.14. The topological polar surface area (TPSA) is 56.5 Å². The van der Waals surface area contributed by atoms with Crippen LogP contribution in [-0.2, 0) is 16.0 Å². The van der Waals surface area contributed by atoms with Crippen molar-refractivity contribution in [2.24, 2.45) is 5.92 Å². The highest BCUT2D eigenvalue weighted by molar-refractivity contribution is 5.09. The maximum atomic E-state index is 5.84. The Balaban J connectivity index is 1.93. The van der Waals surface area contributed by atoms with Gasteiger partial charge >= 0.3 is 0 Å². The van der Waals surface area contributed by atoms with E-state index in [1.807, 2.05) is 6.20 Å². The van der Waals surface area contributed by atoms with Crippen molar-refractivity contribution in [3.05, 3.63) is 17.8 Å². The van der Waals surface area contributed by atoms with Crippen molar-refractivity contribution >= 4 is 0 Å². The third-order valence-electron chi connectivity index (χ3n) is 3.90. The molecule has 0 spiro atoms. The van der Waals surface area contributed by atoms with Gasteiger partial charge in [-0.15, -0.1) is 0 Å². The van der Waals surface area contributed by atoms with Gasteiger partial charge in [0.05, 0.1) is 31.6 Å². The van der Waals surface area contributed by atoms with Gasteiger partial charge in [0.15, 0.2) is 0 Å². The summed E-state index contributed by atoms with van der Waals surface area (Å²) in [5.41, 5.74) is 0. The van der Waals surface area contributed by atoms with E-state index in [1.165, 1.54) is 0 Å². The van der Waals surface area contributed by atoms with Gasteiger partial charge in [0, 0.05) is 19.6 Å². The summed E-state index contributed by atoms with van der Waals surface area (Å²) in [5, 5.41) is 3.23. The molecule has 1 aromatic heterocycles. The van der Waals surface area contributed by atoms with Crippen molar-refractivity contribution in [3.8, 4) is 0 Å². The molecule has 1 saturated heterocycles. The van der Waals surface area contributed by atoms with Crippen LogP contribution in [0, 0.1) is 5.92 Å². The number of nitrogens with zero attached hydrogens (tertiary/aromatic N) is 1. The summed E-state index contributed by atoms with van der Waals surface area (Å²) in [6, 6.07) is 0. The average Bonchev–Trinajstić information content (AvgIpc) is 2.91. The Labute approximate surface area is 114 Å². The van der Waals surface area contributed by atoms with Crippen LogP contribution in [0.1, 0.15) is 38.3 Å². The second-order valence-electron chi connectivity index (χ2n) is 5.26. The maximum Gasteiger partial charge on any atom is 0.208 e. The molecule has 2 heterocycles. The predicted octanol–water partition coefficient (Wildman–Crippen LogP) is 1.94. The average molecular weight is 268 g/mol. The molecule has 0 aromatic carbocycles. The van der Waals surface area contributed by atoms with E-state index in [0.717, 1.165) is 18.2 Å². The molecule has 0 saturated carbocycles. The van der Waals surface area contributed by atoms with Crippen LogP contribution < -0.4 is 5.32 Å². The van der Waals surface area contributed by atoms with Crippen molar-refractivity contribution in [2.75, 3.05) is 20.3 Å². The third-order valence-corrected chi connectivity index (χ3v) is 3.90.